The molecule has 1 aromatic rings. The quantitative estimate of drug-likeness (QED) is 0.764. The van der Waals surface area contributed by atoms with E-state index in [-0.39, 0.29) is 0 Å². The van der Waals surface area contributed by atoms with Crippen molar-refractivity contribution in [2.45, 2.75) is 6.92 Å². The number of methoxy groups -OCH3 is 1. The van der Waals surface area contributed by atoms with Gasteiger partial charge in [-0.15, -0.1) is 0 Å². The summed E-state index contributed by atoms with van der Waals surface area (Å²) >= 11 is 0. The van der Waals surface area contributed by atoms with E-state index < -0.39 is 0 Å². The van der Waals surface area contributed by atoms with Crippen LogP contribution in [-0.2, 0) is 4.74 Å². The predicted octanol–water partition coefficient (Wildman–Crippen LogP) is 0.553. The van der Waals surface area contributed by atoms with Crippen molar-refractivity contribution in [1.29, 1.82) is 0 Å². The van der Waals surface area contributed by atoms with Crippen LogP contribution in [0.15, 0.2) is 12.4 Å². The Morgan fingerprint density at radius 1 is 1.18 bits per heavy atom. The number of aryl methyl sites for hydroxylation is 1. The molecule has 5 heteroatoms. The number of piperazine rings is 1. The third kappa shape index (κ3) is 3.38. The van der Waals surface area contributed by atoms with Gasteiger partial charge in [-0.05, 0) is 6.92 Å². The topological polar surface area (TPSA) is 41.5 Å². The summed E-state index contributed by atoms with van der Waals surface area (Å²) in [7, 11) is 1.75. The lowest BCUT2D eigenvalue weighted by molar-refractivity contribution is 0.144. The maximum atomic E-state index is 5.09. The normalized spacial score (nSPS) is 17.4. The van der Waals surface area contributed by atoms with Crippen LogP contribution in [0.2, 0.25) is 0 Å². The predicted molar refractivity (Wildman–Crippen MR) is 67.3 cm³/mol. The molecule has 94 valence electrons. The molecule has 0 saturated carbocycles. The largest absolute Gasteiger partial charge is 0.383 e. The van der Waals surface area contributed by atoms with Crippen LogP contribution in [0.25, 0.3) is 0 Å². The van der Waals surface area contributed by atoms with Crippen molar-refractivity contribution in [3.8, 4) is 0 Å². The fraction of sp³-hybridized carbons (Fsp3) is 0.667. The summed E-state index contributed by atoms with van der Waals surface area (Å²) in [5.41, 5.74) is 0.965. The van der Waals surface area contributed by atoms with E-state index in [4.69, 9.17) is 4.74 Å². The molecule has 1 aromatic heterocycles. The Labute approximate surface area is 102 Å². The summed E-state index contributed by atoms with van der Waals surface area (Å²) in [5.74, 6) is 0.988. The molecule has 0 amide bonds. The maximum Gasteiger partial charge on any atom is 0.147 e. The molecular formula is C12H20N4O. The Kier molecular flexibility index (Phi) is 4.28. The lowest BCUT2D eigenvalue weighted by atomic mass is 10.3. The van der Waals surface area contributed by atoms with E-state index in [1.54, 1.807) is 7.11 Å². The highest BCUT2D eigenvalue weighted by Gasteiger charge is 2.17. The van der Waals surface area contributed by atoms with E-state index >= 15 is 0 Å². The van der Waals surface area contributed by atoms with Crippen molar-refractivity contribution in [2.75, 3.05) is 51.3 Å². The van der Waals surface area contributed by atoms with Gasteiger partial charge in [0.1, 0.15) is 5.82 Å². The first-order valence-corrected chi connectivity index (χ1v) is 6.04. The lowest BCUT2D eigenvalue weighted by Gasteiger charge is -2.35. The van der Waals surface area contributed by atoms with Crippen LogP contribution in [-0.4, -0.2) is 61.3 Å². The second-order valence-corrected chi connectivity index (χ2v) is 4.34. The molecule has 0 aliphatic carbocycles. The minimum atomic E-state index is 0.810. The minimum Gasteiger partial charge on any atom is -0.383 e. The van der Waals surface area contributed by atoms with Crippen molar-refractivity contribution in [1.82, 2.24) is 14.9 Å². The third-order valence-electron chi connectivity index (χ3n) is 3.08. The zero-order valence-corrected chi connectivity index (χ0v) is 10.6. The molecule has 0 aromatic carbocycles. The van der Waals surface area contributed by atoms with E-state index in [2.05, 4.69) is 19.8 Å². The van der Waals surface area contributed by atoms with E-state index in [0.717, 1.165) is 50.8 Å². The van der Waals surface area contributed by atoms with Gasteiger partial charge in [0.15, 0.2) is 0 Å². The summed E-state index contributed by atoms with van der Waals surface area (Å²) in [5, 5.41) is 0. The highest BCUT2D eigenvalue weighted by Crippen LogP contribution is 2.11. The third-order valence-corrected chi connectivity index (χ3v) is 3.08. The first kappa shape index (κ1) is 12.3. The molecule has 0 N–H and O–H groups in total. The number of hydrogen-bond acceptors (Lipinski definition) is 5. The molecule has 1 aliphatic heterocycles. The average molecular weight is 236 g/mol. The van der Waals surface area contributed by atoms with Gasteiger partial charge < -0.3 is 9.64 Å². The van der Waals surface area contributed by atoms with Gasteiger partial charge in [0.25, 0.3) is 0 Å². The first-order valence-electron chi connectivity index (χ1n) is 6.04. The van der Waals surface area contributed by atoms with Gasteiger partial charge in [-0.25, -0.2) is 4.98 Å². The lowest BCUT2D eigenvalue weighted by Crippen LogP contribution is -2.47. The zero-order valence-electron chi connectivity index (χ0n) is 10.6. The average Bonchev–Trinajstić information content (AvgIpc) is 2.38. The minimum absolute atomic E-state index is 0.810. The molecule has 2 heterocycles. The number of ether oxygens (including phenoxy) is 1. The van der Waals surface area contributed by atoms with Crippen LogP contribution < -0.4 is 4.90 Å². The van der Waals surface area contributed by atoms with Gasteiger partial charge >= 0.3 is 0 Å². The van der Waals surface area contributed by atoms with Crippen LogP contribution in [0.3, 0.4) is 0 Å². The molecule has 1 aliphatic rings. The Bertz CT molecular complexity index is 333. The Balaban J connectivity index is 1.84. The molecule has 0 unspecified atom stereocenters. The smallest absolute Gasteiger partial charge is 0.147 e. The second kappa shape index (κ2) is 5.93. The molecule has 0 radical (unpaired) electrons. The summed E-state index contributed by atoms with van der Waals surface area (Å²) < 4.78 is 5.09. The van der Waals surface area contributed by atoms with Crippen molar-refractivity contribution in [3.63, 3.8) is 0 Å². The van der Waals surface area contributed by atoms with Crippen LogP contribution in [0.4, 0.5) is 5.82 Å². The van der Waals surface area contributed by atoms with Crippen LogP contribution in [0.1, 0.15) is 5.69 Å². The van der Waals surface area contributed by atoms with Gasteiger partial charge in [-0.2, -0.15) is 0 Å². The molecule has 5 nitrogen and oxygen atoms in total. The van der Waals surface area contributed by atoms with Crippen molar-refractivity contribution < 1.29 is 4.74 Å². The molecule has 2 rings (SSSR count). The summed E-state index contributed by atoms with van der Waals surface area (Å²) in [6.45, 7) is 7.95. The number of aromatic nitrogens is 2. The van der Waals surface area contributed by atoms with Crippen molar-refractivity contribution >= 4 is 5.82 Å². The molecular weight excluding hydrogens is 216 g/mol. The highest BCUT2D eigenvalue weighted by molar-refractivity contribution is 5.36. The van der Waals surface area contributed by atoms with Gasteiger partial charge in [0.2, 0.25) is 0 Å². The standard InChI is InChI=1S/C12H20N4O/c1-11-9-14-12(10-13-11)16-5-3-15(4-6-16)7-8-17-2/h9-10H,3-8H2,1-2H3. The van der Waals surface area contributed by atoms with Gasteiger partial charge in [0.05, 0.1) is 24.7 Å². The van der Waals surface area contributed by atoms with E-state index in [9.17, 15) is 0 Å². The van der Waals surface area contributed by atoms with Crippen LogP contribution in [0.5, 0.6) is 0 Å². The van der Waals surface area contributed by atoms with Gasteiger partial charge in [0, 0.05) is 39.8 Å². The fourth-order valence-corrected chi connectivity index (χ4v) is 1.97. The van der Waals surface area contributed by atoms with Gasteiger partial charge in [-0.3, -0.25) is 9.88 Å². The molecule has 17 heavy (non-hydrogen) atoms. The first-order chi connectivity index (χ1) is 8.29. The summed E-state index contributed by atoms with van der Waals surface area (Å²) in [6, 6.07) is 0. The van der Waals surface area contributed by atoms with E-state index in [0.29, 0.717) is 0 Å². The monoisotopic (exact) mass is 236 g/mol. The van der Waals surface area contributed by atoms with Crippen molar-refractivity contribution in [3.05, 3.63) is 18.1 Å². The Morgan fingerprint density at radius 2 is 1.94 bits per heavy atom. The van der Waals surface area contributed by atoms with Crippen LogP contribution >= 0.6 is 0 Å². The molecule has 0 bridgehead atoms. The summed E-state index contributed by atoms with van der Waals surface area (Å²) in [6.07, 6.45) is 3.69. The van der Waals surface area contributed by atoms with E-state index in [1.807, 2.05) is 19.3 Å². The maximum absolute atomic E-state index is 5.09. The van der Waals surface area contributed by atoms with Crippen LogP contribution in [0, 0.1) is 6.92 Å². The van der Waals surface area contributed by atoms with Gasteiger partial charge in [-0.1, -0.05) is 0 Å². The molecule has 0 atom stereocenters. The zero-order chi connectivity index (χ0) is 12.1. The Morgan fingerprint density at radius 3 is 2.53 bits per heavy atom. The molecule has 1 saturated heterocycles. The van der Waals surface area contributed by atoms with Crippen molar-refractivity contribution in [2.24, 2.45) is 0 Å². The molecule has 0 spiro atoms. The number of anilines is 1. The molecule has 1 fully saturated rings. The highest BCUT2D eigenvalue weighted by atomic mass is 16.5. The SMILES string of the molecule is COCCN1CCN(c2cnc(C)cn2)CC1. The van der Waals surface area contributed by atoms with E-state index in [1.165, 1.54) is 0 Å². The Hall–Kier alpha value is -1.20. The summed E-state index contributed by atoms with van der Waals surface area (Å²) in [4.78, 5) is 13.4. The number of hydrogen-bond donors (Lipinski definition) is 0. The second-order valence-electron chi connectivity index (χ2n) is 4.34. The number of nitrogens with zero attached hydrogens (tertiary/aromatic N) is 4. The number of rotatable bonds is 4. The fourth-order valence-electron chi connectivity index (χ4n) is 1.97.